The Hall–Kier alpha value is -1.58. The van der Waals surface area contributed by atoms with E-state index in [0.717, 1.165) is 24.0 Å². The molecule has 1 aliphatic rings. The maximum absolute atomic E-state index is 10.7. The monoisotopic (exact) mass is 224 g/mol. The molecule has 88 valence electrons. The topological polar surface area (TPSA) is 52.6 Å². The first kappa shape index (κ1) is 12.5. The number of esters is 2. The molecule has 0 aromatic heterocycles. The van der Waals surface area contributed by atoms with E-state index < -0.39 is 0 Å². The maximum atomic E-state index is 10.7. The van der Waals surface area contributed by atoms with Crippen LogP contribution in [-0.2, 0) is 19.1 Å². The van der Waals surface area contributed by atoms with E-state index in [4.69, 9.17) is 9.47 Å². The van der Waals surface area contributed by atoms with Crippen LogP contribution in [0.5, 0.6) is 0 Å². The maximum Gasteiger partial charge on any atom is 0.302 e. The van der Waals surface area contributed by atoms with E-state index in [0.29, 0.717) is 0 Å². The van der Waals surface area contributed by atoms with Gasteiger partial charge in [-0.15, -0.1) is 0 Å². The van der Waals surface area contributed by atoms with Gasteiger partial charge in [-0.05, 0) is 24.0 Å². The molecule has 0 aromatic rings. The summed E-state index contributed by atoms with van der Waals surface area (Å²) < 4.78 is 9.86. The van der Waals surface area contributed by atoms with Gasteiger partial charge in [0.2, 0.25) is 0 Å². The lowest BCUT2D eigenvalue weighted by molar-refractivity contribution is -0.141. The number of allylic oxidation sites excluding steroid dienone is 2. The predicted octanol–water partition coefficient (Wildman–Crippen LogP) is 1.76. The first-order valence-corrected chi connectivity index (χ1v) is 5.24. The number of hydrogen-bond acceptors (Lipinski definition) is 4. The molecule has 16 heavy (non-hydrogen) atoms. The van der Waals surface area contributed by atoms with Gasteiger partial charge in [0.1, 0.15) is 13.2 Å². The second kappa shape index (κ2) is 6.10. The Morgan fingerprint density at radius 3 is 1.69 bits per heavy atom. The molecular formula is C12H16O4. The van der Waals surface area contributed by atoms with E-state index in [1.165, 1.54) is 13.8 Å². The van der Waals surface area contributed by atoms with Crippen molar-refractivity contribution in [2.24, 2.45) is 0 Å². The fraction of sp³-hybridized carbons (Fsp3) is 0.500. The number of rotatable bonds is 4. The van der Waals surface area contributed by atoms with E-state index in [-0.39, 0.29) is 25.2 Å². The van der Waals surface area contributed by atoms with Crippen molar-refractivity contribution in [2.45, 2.75) is 26.7 Å². The summed E-state index contributed by atoms with van der Waals surface area (Å²) in [5.74, 6) is -0.614. The van der Waals surface area contributed by atoms with E-state index in [9.17, 15) is 9.59 Å². The zero-order valence-electron chi connectivity index (χ0n) is 9.62. The first-order valence-electron chi connectivity index (χ1n) is 5.24. The van der Waals surface area contributed by atoms with Crippen LogP contribution in [0.4, 0.5) is 0 Å². The third-order valence-corrected chi connectivity index (χ3v) is 2.22. The summed E-state index contributed by atoms with van der Waals surface area (Å²) in [6.07, 6.45) is 5.89. The Kier molecular flexibility index (Phi) is 4.76. The zero-order valence-corrected chi connectivity index (χ0v) is 9.62. The average Bonchev–Trinajstić information content (AvgIpc) is 2.24. The van der Waals surface area contributed by atoms with Gasteiger partial charge in [0.15, 0.2) is 0 Å². The highest BCUT2D eigenvalue weighted by atomic mass is 16.5. The van der Waals surface area contributed by atoms with E-state index in [1.54, 1.807) is 0 Å². The summed E-state index contributed by atoms with van der Waals surface area (Å²) in [5, 5.41) is 0. The average molecular weight is 224 g/mol. The van der Waals surface area contributed by atoms with Gasteiger partial charge in [0.05, 0.1) is 0 Å². The summed E-state index contributed by atoms with van der Waals surface area (Å²) >= 11 is 0. The van der Waals surface area contributed by atoms with Crippen molar-refractivity contribution < 1.29 is 19.1 Å². The Labute approximate surface area is 94.9 Å². The van der Waals surface area contributed by atoms with Crippen LogP contribution in [0.3, 0.4) is 0 Å². The minimum atomic E-state index is -0.307. The van der Waals surface area contributed by atoms with Gasteiger partial charge in [-0.2, -0.15) is 0 Å². The smallest absolute Gasteiger partial charge is 0.302 e. The number of carbonyl (C=O) groups excluding carboxylic acids is 2. The molecular weight excluding hydrogens is 208 g/mol. The summed E-state index contributed by atoms with van der Waals surface area (Å²) in [7, 11) is 0. The lowest BCUT2D eigenvalue weighted by Gasteiger charge is -2.15. The third kappa shape index (κ3) is 4.29. The molecule has 0 bridgehead atoms. The minimum Gasteiger partial charge on any atom is -0.461 e. The van der Waals surface area contributed by atoms with Gasteiger partial charge in [-0.25, -0.2) is 0 Å². The van der Waals surface area contributed by atoms with Gasteiger partial charge in [0, 0.05) is 13.8 Å². The van der Waals surface area contributed by atoms with Crippen molar-refractivity contribution in [3.05, 3.63) is 23.3 Å². The zero-order chi connectivity index (χ0) is 12.0. The standard InChI is InChI=1S/C12H16O4/c1-9(13)15-7-11-5-3-4-6-12(11)8-16-10(2)14/h5-6H,3-4,7-8H2,1-2H3. The van der Waals surface area contributed by atoms with Gasteiger partial charge < -0.3 is 9.47 Å². The Bertz CT molecular complexity index is 305. The fourth-order valence-corrected chi connectivity index (χ4v) is 1.44. The molecule has 0 unspecified atom stereocenters. The van der Waals surface area contributed by atoms with Crippen molar-refractivity contribution in [1.82, 2.24) is 0 Å². The molecule has 1 aliphatic carbocycles. The SMILES string of the molecule is CC(=O)OCC1=CCCC=C1COC(C)=O. The van der Waals surface area contributed by atoms with Gasteiger partial charge in [-0.3, -0.25) is 9.59 Å². The quantitative estimate of drug-likeness (QED) is 0.683. The number of carbonyl (C=O) groups is 2. The second-order valence-corrected chi connectivity index (χ2v) is 3.60. The molecule has 0 heterocycles. The molecule has 0 aliphatic heterocycles. The van der Waals surface area contributed by atoms with Gasteiger partial charge in [0.25, 0.3) is 0 Å². The molecule has 0 aromatic carbocycles. The highest BCUT2D eigenvalue weighted by molar-refractivity contribution is 5.67. The number of hydrogen-bond donors (Lipinski definition) is 0. The van der Waals surface area contributed by atoms with Crippen molar-refractivity contribution in [3.63, 3.8) is 0 Å². The Morgan fingerprint density at radius 2 is 1.38 bits per heavy atom. The normalized spacial score (nSPS) is 14.9. The van der Waals surface area contributed by atoms with Crippen LogP contribution >= 0.6 is 0 Å². The molecule has 0 saturated carbocycles. The molecule has 0 saturated heterocycles. The van der Waals surface area contributed by atoms with Crippen LogP contribution < -0.4 is 0 Å². The Balaban J connectivity index is 2.52. The van der Waals surface area contributed by atoms with Gasteiger partial charge >= 0.3 is 11.9 Å². The van der Waals surface area contributed by atoms with Crippen molar-refractivity contribution in [3.8, 4) is 0 Å². The summed E-state index contributed by atoms with van der Waals surface area (Å²) in [4.78, 5) is 21.4. The van der Waals surface area contributed by atoms with Crippen LogP contribution in [0.25, 0.3) is 0 Å². The van der Waals surface area contributed by atoms with Crippen molar-refractivity contribution in [1.29, 1.82) is 0 Å². The van der Waals surface area contributed by atoms with Crippen LogP contribution in [0.15, 0.2) is 23.3 Å². The fourth-order valence-electron chi connectivity index (χ4n) is 1.44. The highest BCUT2D eigenvalue weighted by Crippen LogP contribution is 2.19. The molecule has 1 rings (SSSR count). The van der Waals surface area contributed by atoms with Crippen LogP contribution in [0.1, 0.15) is 26.7 Å². The van der Waals surface area contributed by atoms with Crippen LogP contribution in [0.2, 0.25) is 0 Å². The van der Waals surface area contributed by atoms with E-state index in [1.807, 2.05) is 12.2 Å². The molecule has 0 radical (unpaired) electrons. The molecule has 0 amide bonds. The largest absolute Gasteiger partial charge is 0.461 e. The summed E-state index contributed by atoms with van der Waals surface area (Å²) in [5.41, 5.74) is 1.87. The lowest BCUT2D eigenvalue weighted by Crippen LogP contribution is -2.12. The van der Waals surface area contributed by atoms with E-state index >= 15 is 0 Å². The molecule has 0 atom stereocenters. The molecule has 0 spiro atoms. The van der Waals surface area contributed by atoms with Crippen LogP contribution in [-0.4, -0.2) is 25.2 Å². The second-order valence-electron chi connectivity index (χ2n) is 3.60. The first-order chi connectivity index (χ1) is 7.59. The molecule has 0 fully saturated rings. The Morgan fingerprint density at radius 1 is 1.00 bits per heavy atom. The third-order valence-electron chi connectivity index (χ3n) is 2.22. The van der Waals surface area contributed by atoms with Crippen molar-refractivity contribution >= 4 is 11.9 Å². The molecule has 4 nitrogen and oxygen atoms in total. The summed E-state index contributed by atoms with van der Waals surface area (Å²) in [6, 6.07) is 0. The highest BCUT2D eigenvalue weighted by Gasteiger charge is 2.11. The lowest BCUT2D eigenvalue weighted by atomic mass is 9.99. The minimum absolute atomic E-state index is 0.252. The van der Waals surface area contributed by atoms with Crippen molar-refractivity contribution in [2.75, 3.05) is 13.2 Å². The van der Waals surface area contributed by atoms with Crippen LogP contribution in [0, 0.1) is 0 Å². The summed E-state index contributed by atoms with van der Waals surface area (Å²) in [6.45, 7) is 3.25. The number of ether oxygens (including phenoxy) is 2. The van der Waals surface area contributed by atoms with E-state index in [2.05, 4.69) is 0 Å². The predicted molar refractivity (Wildman–Crippen MR) is 58.7 cm³/mol. The molecule has 0 N–H and O–H groups in total. The molecule has 4 heteroatoms. The van der Waals surface area contributed by atoms with Gasteiger partial charge in [-0.1, -0.05) is 12.2 Å².